The van der Waals surface area contributed by atoms with Gasteiger partial charge in [0.15, 0.2) is 0 Å². The van der Waals surface area contributed by atoms with Gasteiger partial charge in [-0.2, -0.15) is 0 Å². The monoisotopic (exact) mass is 277 g/mol. The zero-order valence-corrected chi connectivity index (χ0v) is 11.9. The summed E-state index contributed by atoms with van der Waals surface area (Å²) in [5.74, 6) is 6.30. The number of rotatable bonds is 5. The van der Waals surface area contributed by atoms with Crippen molar-refractivity contribution in [3.05, 3.63) is 23.9 Å². The first-order valence-corrected chi connectivity index (χ1v) is 7.16. The predicted molar refractivity (Wildman–Crippen MR) is 79.2 cm³/mol. The number of nitrogen functional groups attached to an aromatic ring is 1. The van der Waals surface area contributed by atoms with E-state index in [-0.39, 0.29) is 5.91 Å². The van der Waals surface area contributed by atoms with Gasteiger partial charge in [0, 0.05) is 12.7 Å². The molecule has 2 rings (SSSR count). The Balaban J connectivity index is 1.77. The SMILES string of the molecule is CCN1CCC(CNC(=O)c2ccc(NN)nc2)CC1. The fourth-order valence-corrected chi connectivity index (χ4v) is 2.46. The summed E-state index contributed by atoms with van der Waals surface area (Å²) in [7, 11) is 0. The van der Waals surface area contributed by atoms with E-state index in [0.29, 0.717) is 17.3 Å². The summed E-state index contributed by atoms with van der Waals surface area (Å²) in [6, 6.07) is 3.41. The van der Waals surface area contributed by atoms with Gasteiger partial charge in [0.05, 0.1) is 5.56 Å². The van der Waals surface area contributed by atoms with Crippen LogP contribution < -0.4 is 16.6 Å². The molecule has 4 N–H and O–H groups in total. The Morgan fingerprint density at radius 1 is 1.45 bits per heavy atom. The number of anilines is 1. The average Bonchev–Trinajstić information content (AvgIpc) is 2.53. The van der Waals surface area contributed by atoms with E-state index in [2.05, 4.69) is 27.6 Å². The molecular weight excluding hydrogens is 254 g/mol. The lowest BCUT2D eigenvalue weighted by Crippen LogP contribution is -2.38. The first-order valence-electron chi connectivity index (χ1n) is 7.16. The summed E-state index contributed by atoms with van der Waals surface area (Å²) in [6.45, 7) is 6.32. The second kappa shape index (κ2) is 7.21. The van der Waals surface area contributed by atoms with Crippen LogP contribution in [-0.4, -0.2) is 42.0 Å². The molecule has 1 aromatic rings. The molecule has 110 valence electrons. The summed E-state index contributed by atoms with van der Waals surface area (Å²) in [4.78, 5) is 18.5. The average molecular weight is 277 g/mol. The largest absolute Gasteiger partial charge is 0.352 e. The molecule has 0 unspecified atom stereocenters. The highest BCUT2D eigenvalue weighted by Gasteiger charge is 2.18. The van der Waals surface area contributed by atoms with Crippen LogP contribution >= 0.6 is 0 Å². The highest BCUT2D eigenvalue weighted by atomic mass is 16.1. The Kier molecular flexibility index (Phi) is 5.31. The van der Waals surface area contributed by atoms with Gasteiger partial charge in [-0.25, -0.2) is 10.8 Å². The number of likely N-dealkylation sites (tertiary alicyclic amines) is 1. The van der Waals surface area contributed by atoms with Crippen molar-refractivity contribution < 1.29 is 4.79 Å². The maximum absolute atomic E-state index is 12.0. The lowest BCUT2D eigenvalue weighted by molar-refractivity contribution is 0.0936. The van der Waals surface area contributed by atoms with E-state index in [1.54, 1.807) is 12.1 Å². The van der Waals surface area contributed by atoms with Gasteiger partial charge in [-0.05, 0) is 50.5 Å². The summed E-state index contributed by atoms with van der Waals surface area (Å²) in [5.41, 5.74) is 3.00. The highest BCUT2D eigenvalue weighted by molar-refractivity contribution is 5.94. The van der Waals surface area contributed by atoms with Gasteiger partial charge in [0.25, 0.3) is 5.91 Å². The van der Waals surface area contributed by atoms with Crippen LogP contribution in [0.25, 0.3) is 0 Å². The Labute approximate surface area is 119 Å². The Morgan fingerprint density at radius 3 is 2.75 bits per heavy atom. The maximum atomic E-state index is 12.0. The number of hydrazine groups is 1. The second-order valence-electron chi connectivity index (χ2n) is 5.16. The zero-order valence-electron chi connectivity index (χ0n) is 11.9. The molecule has 1 aliphatic rings. The van der Waals surface area contributed by atoms with Crippen molar-refractivity contribution in [1.29, 1.82) is 0 Å². The Morgan fingerprint density at radius 2 is 2.20 bits per heavy atom. The molecule has 0 bridgehead atoms. The molecule has 1 aromatic heterocycles. The molecule has 1 saturated heterocycles. The Bertz CT molecular complexity index is 426. The molecular formula is C14H23N5O. The maximum Gasteiger partial charge on any atom is 0.252 e. The molecule has 6 heteroatoms. The van der Waals surface area contributed by atoms with Crippen LogP contribution in [0.3, 0.4) is 0 Å². The number of hydrogen-bond acceptors (Lipinski definition) is 5. The van der Waals surface area contributed by atoms with Crippen molar-refractivity contribution in [3.63, 3.8) is 0 Å². The molecule has 0 saturated carbocycles. The molecule has 20 heavy (non-hydrogen) atoms. The van der Waals surface area contributed by atoms with E-state index < -0.39 is 0 Å². The zero-order chi connectivity index (χ0) is 14.4. The summed E-state index contributed by atoms with van der Waals surface area (Å²) in [6.07, 6.45) is 3.84. The molecule has 0 atom stereocenters. The van der Waals surface area contributed by atoms with Crippen LogP contribution in [0, 0.1) is 5.92 Å². The van der Waals surface area contributed by atoms with Gasteiger partial charge in [-0.3, -0.25) is 4.79 Å². The minimum Gasteiger partial charge on any atom is -0.352 e. The third-order valence-corrected chi connectivity index (χ3v) is 3.88. The van der Waals surface area contributed by atoms with Crippen LogP contribution in [0.4, 0.5) is 5.82 Å². The molecule has 0 spiro atoms. The Hall–Kier alpha value is -1.66. The van der Waals surface area contributed by atoms with Gasteiger partial charge < -0.3 is 15.6 Å². The predicted octanol–water partition coefficient (Wildman–Crippen LogP) is 0.829. The van der Waals surface area contributed by atoms with Gasteiger partial charge in [0.1, 0.15) is 5.82 Å². The quantitative estimate of drug-likeness (QED) is 0.548. The van der Waals surface area contributed by atoms with E-state index in [0.717, 1.165) is 39.0 Å². The van der Waals surface area contributed by atoms with E-state index in [1.165, 1.54) is 6.20 Å². The number of nitrogens with zero attached hydrogens (tertiary/aromatic N) is 2. The molecule has 1 fully saturated rings. The number of nitrogens with one attached hydrogen (secondary N) is 2. The number of hydrogen-bond donors (Lipinski definition) is 3. The van der Waals surface area contributed by atoms with E-state index in [1.807, 2.05) is 0 Å². The fourth-order valence-electron chi connectivity index (χ4n) is 2.46. The van der Waals surface area contributed by atoms with Gasteiger partial charge in [0.2, 0.25) is 0 Å². The normalized spacial score (nSPS) is 16.9. The minimum absolute atomic E-state index is 0.0704. The van der Waals surface area contributed by atoms with E-state index >= 15 is 0 Å². The molecule has 0 aromatic carbocycles. The van der Waals surface area contributed by atoms with E-state index in [9.17, 15) is 4.79 Å². The van der Waals surface area contributed by atoms with E-state index in [4.69, 9.17) is 5.84 Å². The molecule has 1 amide bonds. The van der Waals surface area contributed by atoms with Crippen LogP contribution in [-0.2, 0) is 0 Å². The number of aromatic nitrogens is 1. The second-order valence-corrected chi connectivity index (χ2v) is 5.16. The standard InChI is InChI=1S/C14H23N5O/c1-2-19-7-5-11(6-8-19)9-17-14(20)12-3-4-13(18-15)16-10-12/h3-4,10-11H,2,5-9,15H2,1H3,(H,16,18)(H,17,20). The number of amides is 1. The first kappa shape index (κ1) is 14.7. The summed E-state index contributed by atoms with van der Waals surface area (Å²) in [5, 5.41) is 2.99. The van der Waals surface area contributed by atoms with Crippen molar-refractivity contribution in [3.8, 4) is 0 Å². The third-order valence-electron chi connectivity index (χ3n) is 3.88. The van der Waals surface area contributed by atoms with Crippen LogP contribution in [0.2, 0.25) is 0 Å². The molecule has 2 heterocycles. The van der Waals surface area contributed by atoms with Gasteiger partial charge in [-0.15, -0.1) is 0 Å². The number of piperidine rings is 1. The van der Waals surface area contributed by atoms with Crippen molar-refractivity contribution >= 4 is 11.7 Å². The minimum atomic E-state index is -0.0704. The molecule has 6 nitrogen and oxygen atoms in total. The molecule has 1 aliphatic heterocycles. The number of nitrogens with two attached hydrogens (primary N) is 1. The van der Waals surface area contributed by atoms with Crippen LogP contribution in [0.15, 0.2) is 18.3 Å². The van der Waals surface area contributed by atoms with Crippen LogP contribution in [0.1, 0.15) is 30.1 Å². The number of carbonyl (C=O) groups excluding carboxylic acids is 1. The molecule has 0 radical (unpaired) electrons. The smallest absolute Gasteiger partial charge is 0.252 e. The number of pyridine rings is 1. The summed E-state index contributed by atoms with van der Waals surface area (Å²) >= 11 is 0. The molecule has 0 aliphatic carbocycles. The highest BCUT2D eigenvalue weighted by Crippen LogP contribution is 2.16. The van der Waals surface area contributed by atoms with Crippen molar-refractivity contribution in [1.82, 2.24) is 15.2 Å². The fraction of sp³-hybridized carbons (Fsp3) is 0.571. The van der Waals surface area contributed by atoms with Gasteiger partial charge >= 0.3 is 0 Å². The van der Waals surface area contributed by atoms with Crippen molar-refractivity contribution in [2.24, 2.45) is 11.8 Å². The van der Waals surface area contributed by atoms with Crippen molar-refractivity contribution in [2.75, 3.05) is 31.6 Å². The lowest BCUT2D eigenvalue weighted by atomic mass is 9.97. The third kappa shape index (κ3) is 3.91. The lowest BCUT2D eigenvalue weighted by Gasteiger charge is -2.31. The van der Waals surface area contributed by atoms with Gasteiger partial charge in [-0.1, -0.05) is 6.92 Å². The van der Waals surface area contributed by atoms with Crippen molar-refractivity contribution in [2.45, 2.75) is 19.8 Å². The number of carbonyl (C=O) groups is 1. The van der Waals surface area contributed by atoms with Crippen LogP contribution in [0.5, 0.6) is 0 Å². The summed E-state index contributed by atoms with van der Waals surface area (Å²) < 4.78 is 0. The first-order chi connectivity index (χ1) is 9.72. The topological polar surface area (TPSA) is 83.3 Å².